The van der Waals surface area contributed by atoms with Crippen LogP contribution in [0.2, 0.25) is 0 Å². The third-order valence-electron chi connectivity index (χ3n) is 6.44. The first-order valence-corrected chi connectivity index (χ1v) is 10.3. The minimum atomic E-state index is 0.0657. The van der Waals surface area contributed by atoms with Crippen molar-refractivity contribution in [2.75, 3.05) is 39.3 Å². The standard InChI is InChI=1S/C22H30N4O2/c1-17-23-12-20(24-17)21(28)26-14-19-13-25(10-5-11-27)15-22(19,16-26)9-8-18-6-3-2-4-7-18/h2-4,6-7,12,19,27H,5,8-11,13-16H2,1H3,(H,23,24). The molecule has 1 amide bonds. The summed E-state index contributed by atoms with van der Waals surface area (Å²) in [6.45, 7) is 6.68. The highest BCUT2D eigenvalue weighted by Gasteiger charge is 2.52. The number of likely N-dealkylation sites (tertiary alicyclic amines) is 2. The molecule has 4 rings (SSSR count). The summed E-state index contributed by atoms with van der Waals surface area (Å²) in [4.78, 5) is 24.7. The number of aryl methyl sites for hydroxylation is 2. The number of rotatable bonds is 7. The van der Waals surface area contributed by atoms with Gasteiger partial charge in [0.05, 0.1) is 6.20 Å². The van der Waals surface area contributed by atoms with Gasteiger partial charge >= 0.3 is 0 Å². The normalized spacial score (nSPS) is 24.6. The van der Waals surface area contributed by atoms with Crippen LogP contribution in [-0.4, -0.2) is 70.1 Å². The van der Waals surface area contributed by atoms with Gasteiger partial charge in [-0.1, -0.05) is 30.3 Å². The summed E-state index contributed by atoms with van der Waals surface area (Å²) in [5.74, 6) is 1.33. The summed E-state index contributed by atoms with van der Waals surface area (Å²) in [6, 6.07) is 10.6. The Hall–Kier alpha value is -2.18. The van der Waals surface area contributed by atoms with Crippen molar-refractivity contribution in [2.45, 2.75) is 26.2 Å². The van der Waals surface area contributed by atoms with Crippen LogP contribution in [0.15, 0.2) is 36.5 Å². The van der Waals surface area contributed by atoms with Gasteiger partial charge in [-0.05, 0) is 37.7 Å². The number of carbonyl (C=O) groups is 1. The number of carbonyl (C=O) groups excluding carboxylic acids is 1. The topological polar surface area (TPSA) is 72.5 Å². The Kier molecular flexibility index (Phi) is 5.51. The van der Waals surface area contributed by atoms with Gasteiger partial charge in [0.2, 0.25) is 0 Å². The zero-order valence-corrected chi connectivity index (χ0v) is 16.6. The number of imidazole rings is 1. The van der Waals surface area contributed by atoms with E-state index in [1.807, 2.05) is 11.8 Å². The molecule has 2 atom stereocenters. The Labute approximate surface area is 166 Å². The van der Waals surface area contributed by atoms with E-state index in [0.29, 0.717) is 11.6 Å². The van der Waals surface area contributed by atoms with Gasteiger partial charge in [0.1, 0.15) is 11.5 Å². The molecule has 0 spiro atoms. The van der Waals surface area contributed by atoms with E-state index in [2.05, 4.69) is 45.2 Å². The highest BCUT2D eigenvalue weighted by atomic mass is 16.3. The van der Waals surface area contributed by atoms with E-state index in [1.165, 1.54) is 5.56 Å². The van der Waals surface area contributed by atoms with E-state index in [-0.39, 0.29) is 17.9 Å². The monoisotopic (exact) mass is 382 g/mol. The summed E-state index contributed by atoms with van der Waals surface area (Å²) < 4.78 is 0. The molecule has 0 saturated carbocycles. The van der Waals surface area contributed by atoms with Gasteiger partial charge in [0, 0.05) is 44.7 Å². The second-order valence-electron chi connectivity index (χ2n) is 8.43. The molecule has 2 fully saturated rings. The molecule has 6 nitrogen and oxygen atoms in total. The highest BCUT2D eigenvalue weighted by molar-refractivity contribution is 5.92. The number of nitrogens with one attached hydrogen (secondary N) is 1. The number of aromatic nitrogens is 2. The molecular weight excluding hydrogens is 352 g/mol. The van der Waals surface area contributed by atoms with Crippen molar-refractivity contribution < 1.29 is 9.90 Å². The summed E-state index contributed by atoms with van der Waals surface area (Å²) in [7, 11) is 0. The molecule has 0 bridgehead atoms. The molecule has 3 heterocycles. The summed E-state index contributed by atoms with van der Waals surface area (Å²) >= 11 is 0. The third kappa shape index (κ3) is 3.84. The van der Waals surface area contributed by atoms with Crippen LogP contribution in [0.1, 0.15) is 34.7 Å². The number of nitrogens with zero attached hydrogens (tertiary/aromatic N) is 3. The van der Waals surface area contributed by atoms with Crippen molar-refractivity contribution in [3.8, 4) is 0 Å². The predicted octanol–water partition coefficient (Wildman–Crippen LogP) is 2.11. The molecule has 2 aliphatic rings. The van der Waals surface area contributed by atoms with Crippen LogP contribution in [0.4, 0.5) is 0 Å². The van der Waals surface area contributed by atoms with Crippen LogP contribution in [0, 0.1) is 18.3 Å². The molecule has 150 valence electrons. The summed E-state index contributed by atoms with van der Waals surface area (Å²) in [5.41, 5.74) is 2.09. The minimum absolute atomic E-state index is 0.0657. The van der Waals surface area contributed by atoms with E-state index in [0.717, 1.165) is 57.8 Å². The summed E-state index contributed by atoms with van der Waals surface area (Å²) in [5, 5.41) is 9.20. The molecule has 1 aromatic carbocycles. The lowest BCUT2D eigenvalue weighted by Gasteiger charge is -2.29. The lowest BCUT2D eigenvalue weighted by molar-refractivity contribution is 0.0750. The fourth-order valence-corrected chi connectivity index (χ4v) is 5.00. The van der Waals surface area contributed by atoms with E-state index in [9.17, 15) is 9.90 Å². The van der Waals surface area contributed by atoms with Crippen molar-refractivity contribution >= 4 is 5.91 Å². The quantitative estimate of drug-likeness (QED) is 0.769. The zero-order valence-electron chi connectivity index (χ0n) is 16.6. The first-order chi connectivity index (χ1) is 13.6. The van der Waals surface area contributed by atoms with Crippen molar-refractivity contribution in [1.29, 1.82) is 0 Å². The molecule has 1 aromatic heterocycles. The highest BCUT2D eigenvalue weighted by Crippen LogP contribution is 2.46. The van der Waals surface area contributed by atoms with Crippen LogP contribution in [0.25, 0.3) is 0 Å². The smallest absolute Gasteiger partial charge is 0.271 e. The van der Waals surface area contributed by atoms with Gasteiger partial charge in [-0.15, -0.1) is 0 Å². The fraction of sp³-hybridized carbons (Fsp3) is 0.545. The van der Waals surface area contributed by atoms with Crippen LogP contribution >= 0.6 is 0 Å². The van der Waals surface area contributed by atoms with Crippen LogP contribution < -0.4 is 0 Å². The second kappa shape index (κ2) is 8.05. The van der Waals surface area contributed by atoms with E-state index < -0.39 is 0 Å². The molecule has 2 aromatic rings. The molecule has 6 heteroatoms. The lowest BCUT2D eigenvalue weighted by atomic mass is 9.76. The summed E-state index contributed by atoms with van der Waals surface area (Å²) in [6.07, 6.45) is 4.59. The van der Waals surface area contributed by atoms with Crippen LogP contribution in [-0.2, 0) is 6.42 Å². The Morgan fingerprint density at radius 3 is 2.82 bits per heavy atom. The van der Waals surface area contributed by atoms with E-state index in [1.54, 1.807) is 6.20 Å². The lowest BCUT2D eigenvalue weighted by Crippen LogP contribution is -2.37. The maximum atomic E-state index is 13.0. The number of benzene rings is 1. The van der Waals surface area contributed by atoms with Gasteiger partial charge in [-0.25, -0.2) is 4.98 Å². The third-order valence-corrected chi connectivity index (χ3v) is 6.44. The average Bonchev–Trinajstić information content (AvgIpc) is 3.37. The van der Waals surface area contributed by atoms with Crippen LogP contribution in [0.3, 0.4) is 0 Å². The molecule has 2 unspecified atom stereocenters. The number of aliphatic hydroxyl groups is 1. The number of aliphatic hydroxyl groups excluding tert-OH is 1. The number of amides is 1. The SMILES string of the molecule is Cc1ncc(C(=O)N2CC3CN(CCCO)CC3(CCc3ccccc3)C2)[nH]1. The van der Waals surface area contributed by atoms with Gasteiger partial charge in [0.25, 0.3) is 5.91 Å². The van der Waals surface area contributed by atoms with Gasteiger partial charge < -0.3 is 19.9 Å². The van der Waals surface area contributed by atoms with Gasteiger partial charge in [-0.2, -0.15) is 0 Å². The number of H-pyrrole nitrogens is 1. The maximum Gasteiger partial charge on any atom is 0.271 e. The largest absolute Gasteiger partial charge is 0.396 e. The first kappa shape index (κ1) is 19.2. The fourth-order valence-electron chi connectivity index (χ4n) is 5.00. The predicted molar refractivity (Wildman–Crippen MR) is 108 cm³/mol. The van der Waals surface area contributed by atoms with Crippen LogP contribution in [0.5, 0.6) is 0 Å². The molecule has 0 radical (unpaired) electrons. The van der Waals surface area contributed by atoms with Crippen molar-refractivity contribution in [3.63, 3.8) is 0 Å². The zero-order chi connectivity index (χ0) is 19.6. The Morgan fingerprint density at radius 2 is 2.11 bits per heavy atom. The minimum Gasteiger partial charge on any atom is -0.396 e. The van der Waals surface area contributed by atoms with E-state index >= 15 is 0 Å². The molecule has 2 N–H and O–H groups in total. The Bertz CT molecular complexity index is 806. The van der Waals surface area contributed by atoms with Crippen molar-refractivity contribution in [2.24, 2.45) is 11.3 Å². The molecule has 28 heavy (non-hydrogen) atoms. The Balaban J connectivity index is 1.49. The molecule has 2 saturated heterocycles. The number of fused-ring (bicyclic) bond motifs is 1. The number of aromatic amines is 1. The molecule has 0 aliphatic carbocycles. The van der Waals surface area contributed by atoms with Gasteiger partial charge in [0.15, 0.2) is 0 Å². The Morgan fingerprint density at radius 1 is 1.29 bits per heavy atom. The van der Waals surface area contributed by atoms with E-state index in [4.69, 9.17) is 0 Å². The number of hydrogen-bond donors (Lipinski definition) is 2. The number of hydrogen-bond acceptors (Lipinski definition) is 4. The second-order valence-corrected chi connectivity index (χ2v) is 8.43. The van der Waals surface area contributed by atoms with Gasteiger partial charge in [-0.3, -0.25) is 4.79 Å². The molecular formula is C22H30N4O2. The maximum absolute atomic E-state index is 13.0. The molecule has 2 aliphatic heterocycles. The average molecular weight is 383 g/mol. The van der Waals surface area contributed by atoms with Crippen molar-refractivity contribution in [1.82, 2.24) is 19.8 Å². The van der Waals surface area contributed by atoms with Crippen molar-refractivity contribution in [3.05, 3.63) is 53.6 Å². The first-order valence-electron chi connectivity index (χ1n) is 10.3.